The van der Waals surface area contributed by atoms with Crippen LogP contribution in [0.4, 0.5) is 23.3 Å². The maximum absolute atomic E-state index is 13.6. The van der Waals surface area contributed by atoms with Crippen LogP contribution in [0, 0.1) is 0 Å². The SMILES string of the molecule is CN(C)CCN(C)c1cc2nc(Nc3nccn3C3CCCC3)[nH]c2cc1C(=O)Nc1ccc2cn[nH]c2c1. The summed E-state index contributed by atoms with van der Waals surface area (Å²) in [4.78, 5) is 30.5. The molecule has 0 saturated heterocycles. The molecular formula is C28H34N10O. The minimum absolute atomic E-state index is 0.191. The van der Waals surface area contributed by atoms with E-state index in [1.807, 2.05) is 63.9 Å². The van der Waals surface area contributed by atoms with Crippen molar-refractivity contribution in [3.63, 3.8) is 0 Å². The molecule has 6 rings (SSSR count). The number of benzene rings is 2. The van der Waals surface area contributed by atoms with Crippen LogP contribution >= 0.6 is 0 Å². The maximum atomic E-state index is 13.6. The molecule has 2 aromatic carbocycles. The Morgan fingerprint density at radius 2 is 1.95 bits per heavy atom. The predicted octanol–water partition coefficient (Wildman–Crippen LogP) is 4.74. The molecule has 0 unspecified atom stereocenters. The maximum Gasteiger partial charge on any atom is 0.257 e. The zero-order chi connectivity index (χ0) is 26.9. The van der Waals surface area contributed by atoms with Gasteiger partial charge in [-0.1, -0.05) is 12.8 Å². The number of fused-ring (bicyclic) bond motifs is 2. The first-order valence-corrected chi connectivity index (χ1v) is 13.4. The summed E-state index contributed by atoms with van der Waals surface area (Å²) in [7, 11) is 6.08. The quantitative estimate of drug-likeness (QED) is 0.219. The van der Waals surface area contributed by atoms with E-state index in [0.29, 0.717) is 23.2 Å². The van der Waals surface area contributed by atoms with Gasteiger partial charge in [0.1, 0.15) is 0 Å². The number of anilines is 4. The van der Waals surface area contributed by atoms with Crippen LogP contribution in [-0.2, 0) is 0 Å². The molecule has 11 heteroatoms. The zero-order valence-corrected chi connectivity index (χ0v) is 22.5. The average molecular weight is 527 g/mol. The summed E-state index contributed by atoms with van der Waals surface area (Å²) >= 11 is 0. The standard InChI is InChI=1S/C28H34N10O/c1-36(2)12-13-37(3)25-16-24-23(15-21(25)26(39)31-19-9-8-18-17-30-35-22(18)14-19)32-27(33-24)34-28-29-10-11-38(28)20-6-4-5-7-20/h8-11,14-17,20H,4-7,12-13H2,1-3H3,(H,30,35)(H,31,39)(H2,29,32,33,34). The van der Waals surface area contributed by atoms with E-state index in [2.05, 4.69) is 45.2 Å². The van der Waals surface area contributed by atoms with E-state index < -0.39 is 0 Å². The first-order chi connectivity index (χ1) is 18.9. The van der Waals surface area contributed by atoms with Crippen molar-refractivity contribution in [2.45, 2.75) is 31.7 Å². The van der Waals surface area contributed by atoms with Gasteiger partial charge in [0.05, 0.1) is 34.0 Å². The molecule has 0 radical (unpaired) electrons. The molecule has 0 bridgehead atoms. The topological polar surface area (TPSA) is 123 Å². The van der Waals surface area contributed by atoms with Crippen molar-refractivity contribution in [1.82, 2.24) is 34.6 Å². The van der Waals surface area contributed by atoms with E-state index in [1.165, 1.54) is 25.7 Å². The monoisotopic (exact) mass is 526 g/mol. The number of aromatic amines is 2. The van der Waals surface area contributed by atoms with Crippen LogP contribution in [0.5, 0.6) is 0 Å². The summed E-state index contributed by atoms with van der Waals surface area (Å²) in [6.07, 6.45) is 10.4. The van der Waals surface area contributed by atoms with E-state index in [0.717, 1.165) is 46.7 Å². The number of imidazole rings is 2. The number of carbonyl (C=O) groups is 1. The number of carbonyl (C=O) groups excluding carboxylic acids is 1. The number of likely N-dealkylation sites (N-methyl/N-ethyl adjacent to an activating group) is 2. The molecule has 1 fully saturated rings. The second-order valence-electron chi connectivity index (χ2n) is 10.5. The van der Waals surface area contributed by atoms with Gasteiger partial charge in [-0.15, -0.1) is 0 Å². The third kappa shape index (κ3) is 5.17. The summed E-state index contributed by atoms with van der Waals surface area (Å²) in [6.45, 7) is 1.61. The van der Waals surface area contributed by atoms with Crippen LogP contribution in [0.2, 0.25) is 0 Å². The molecule has 3 heterocycles. The highest BCUT2D eigenvalue weighted by Gasteiger charge is 2.21. The summed E-state index contributed by atoms with van der Waals surface area (Å²) in [5.74, 6) is 1.18. The van der Waals surface area contributed by atoms with Gasteiger partial charge in [0.25, 0.3) is 5.91 Å². The van der Waals surface area contributed by atoms with E-state index in [4.69, 9.17) is 4.98 Å². The fraction of sp³-hybridized carbons (Fsp3) is 0.357. The molecule has 0 aliphatic heterocycles. The van der Waals surface area contributed by atoms with Gasteiger partial charge in [0.15, 0.2) is 0 Å². The van der Waals surface area contributed by atoms with Crippen LogP contribution in [0.15, 0.2) is 48.9 Å². The van der Waals surface area contributed by atoms with Crippen molar-refractivity contribution < 1.29 is 4.79 Å². The smallest absolute Gasteiger partial charge is 0.257 e. The van der Waals surface area contributed by atoms with Gasteiger partial charge in [-0.25, -0.2) is 9.97 Å². The van der Waals surface area contributed by atoms with Gasteiger partial charge < -0.3 is 24.7 Å². The third-order valence-electron chi connectivity index (χ3n) is 7.45. The highest BCUT2D eigenvalue weighted by molar-refractivity contribution is 6.11. The Kier molecular flexibility index (Phi) is 6.65. The molecular weight excluding hydrogens is 492 g/mol. The molecule has 202 valence electrons. The van der Waals surface area contributed by atoms with Gasteiger partial charge in [0, 0.05) is 49.6 Å². The van der Waals surface area contributed by atoms with Gasteiger partial charge in [-0.2, -0.15) is 5.10 Å². The Bertz CT molecular complexity index is 1610. The Labute approximate surface area is 226 Å². The van der Waals surface area contributed by atoms with E-state index in [-0.39, 0.29) is 5.91 Å². The summed E-state index contributed by atoms with van der Waals surface area (Å²) < 4.78 is 2.20. The fourth-order valence-corrected chi connectivity index (χ4v) is 5.28. The van der Waals surface area contributed by atoms with Gasteiger partial charge >= 0.3 is 0 Å². The van der Waals surface area contributed by atoms with Crippen LogP contribution in [0.3, 0.4) is 0 Å². The lowest BCUT2D eigenvalue weighted by Gasteiger charge is -2.24. The van der Waals surface area contributed by atoms with E-state index >= 15 is 0 Å². The van der Waals surface area contributed by atoms with Crippen LogP contribution in [0.25, 0.3) is 21.9 Å². The van der Waals surface area contributed by atoms with Crippen molar-refractivity contribution >= 4 is 51.1 Å². The summed E-state index contributed by atoms with van der Waals surface area (Å²) in [5.41, 5.74) is 4.50. The lowest BCUT2D eigenvalue weighted by atomic mass is 10.1. The molecule has 1 amide bonds. The Morgan fingerprint density at radius 3 is 2.77 bits per heavy atom. The molecule has 4 N–H and O–H groups in total. The Balaban J connectivity index is 1.32. The second-order valence-corrected chi connectivity index (χ2v) is 10.5. The molecule has 11 nitrogen and oxygen atoms in total. The van der Waals surface area contributed by atoms with Crippen molar-refractivity contribution in [3.8, 4) is 0 Å². The molecule has 1 aliphatic carbocycles. The van der Waals surface area contributed by atoms with E-state index in [1.54, 1.807) is 6.20 Å². The zero-order valence-electron chi connectivity index (χ0n) is 22.5. The number of H-pyrrole nitrogens is 2. The van der Waals surface area contributed by atoms with E-state index in [9.17, 15) is 4.79 Å². The van der Waals surface area contributed by atoms with Crippen molar-refractivity contribution in [2.24, 2.45) is 0 Å². The lowest BCUT2D eigenvalue weighted by molar-refractivity contribution is 0.102. The first kappa shape index (κ1) is 24.9. The van der Waals surface area contributed by atoms with Crippen LogP contribution < -0.4 is 15.5 Å². The Morgan fingerprint density at radius 1 is 1.10 bits per heavy atom. The first-order valence-electron chi connectivity index (χ1n) is 13.4. The van der Waals surface area contributed by atoms with Crippen molar-refractivity contribution in [2.75, 3.05) is 49.8 Å². The minimum atomic E-state index is -0.191. The number of amides is 1. The molecule has 1 saturated carbocycles. The fourth-order valence-electron chi connectivity index (χ4n) is 5.28. The normalized spacial score (nSPS) is 14.1. The summed E-state index contributed by atoms with van der Waals surface area (Å²) in [5, 5.41) is 14.4. The number of nitrogens with one attached hydrogen (secondary N) is 4. The van der Waals surface area contributed by atoms with Crippen LogP contribution in [-0.4, -0.2) is 74.8 Å². The molecule has 5 aromatic rings. The third-order valence-corrected chi connectivity index (χ3v) is 7.45. The predicted molar refractivity (Wildman–Crippen MR) is 155 cm³/mol. The Hall–Kier alpha value is -4.38. The van der Waals surface area contributed by atoms with Gasteiger partial charge in [0.2, 0.25) is 11.9 Å². The van der Waals surface area contributed by atoms with Crippen molar-refractivity contribution in [1.29, 1.82) is 0 Å². The number of rotatable bonds is 9. The largest absolute Gasteiger partial charge is 0.373 e. The number of hydrogen-bond donors (Lipinski definition) is 4. The number of aromatic nitrogens is 6. The lowest BCUT2D eigenvalue weighted by Crippen LogP contribution is -2.30. The average Bonchev–Trinajstić information content (AvgIpc) is 3.72. The highest BCUT2D eigenvalue weighted by Crippen LogP contribution is 2.33. The molecule has 39 heavy (non-hydrogen) atoms. The molecule has 0 spiro atoms. The van der Waals surface area contributed by atoms with Gasteiger partial charge in [-0.05, 0) is 57.3 Å². The molecule has 3 aromatic heterocycles. The summed E-state index contributed by atoms with van der Waals surface area (Å²) in [6, 6.07) is 10.0. The second kappa shape index (κ2) is 10.4. The number of nitrogens with zero attached hydrogens (tertiary/aromatic N) is 6. The number of hydrogen-bond acceptors (Lipinski definition) is 7. The van der Waals surface area contributed by atoms with Gasteiger partial charge in [-0.3, -0.25) is 15.2 Å². The molecule has 1 aliphatic rings. The van der Waals surface area contributed by atoms with Crippen LogP contribution in [0.1, 0.15) is 42.1 Å². The van der Waals surface area contributed by atoms with Crippen molar-refractivity contribution in [3.05, 3.63) is 54.5 Å². The molecule has 0 atom stereocenters. The highest BCUT2D eigenvalue weighted by atomic mass is 16.1. The minimum Gasteiger partial charge on any atom is -0.373 e.